The number of hydrogen-bond acceptors (Lipinski definition) is 3. The van der Waals surface area contributed by atoms with Gasteiger partial charge in [-0.15, -0.1) is 0 Å². The Kier molecular flexibility index (Phi) is 3.46. The maximum atomic E-state index is 10.7. The predicted molar refractivity (Wildman–Crippen MR) is 69.6 cm³/mol. The Hall–Kier alpha value is -1.38. The summed E-state index contributed by atoms with van der Waals surface area (Å²) >= 11 is 0. The van der Waals surface area contributed by atoms with E-state index in [0.717, 1.165) is 30.1 Å². The molecule has 0 unspecified atom stereocenters. The van der Waals surface area contributed by atoms with Gasteiger partial charge in [0.05, 0.1) is 0 Å². The maximum Gasteiger partial charge on any atom is 0.151 e. The minimum Gasteiger partial charge on any atom is -0.354 e. The van der Waals surface area contributed by atoms with Crippen LogP contribution in [0.25, 0.3) is 0 Å². The van der Waals surface area contributed by atoms with Crippen molar-refractivity contribution in [3.05, 3.63) is 23.4 Å². The van der Waals surface area contributed by atoms with E-state index in [0.29, 0.717) is 11.6 Å². The molecule has 1 aliphatic carbocycles. The molecule has 0 aliphatic heterocycles. The molecule has 0 saturated heterocycles. The molecule has 0 amide bonds. The second-order valence-corrected chi connectivity index (χ2v) is 5.22. The Bertz CT molecular complexity index is 411. The van der Waals surface area contributed by atoms with E-state index in [9.17, 15) is 4.79 Å². The molecule has 17 heavy (non-hydrogen) atoms. The minimum atomic E-state index is 0.448. The molecular formula is C14H20N2O. The van der Waals surface area contributed by atoms with Gasteiger partial charge >= 0.3 is 0 Å². The van der Waals surface area contributed by atoms with E-state index < -0.39 is 0 Å². The van der Waals surface area contributed by atoms with Crippen molar-refractivity contribution in [2.45, 2.75) is 39.7 Å². The number of aryl methyl sites for hydroxylation is 1. The molecule has 1 aromatic heterocycles. The highest BCUT2D eigenvalue weighted by Crippen LogP contribution is 2.32. The summed E-state index contributed by atoms with van der Waals surface area (Å²) in [5, 5.41) is 0. The first-order valence-corrected chi connectivity index (χ1v) is 6.30. The monoisotopic (exact) mass is 232 g/mol. The van der Waals surface area contributed by atoms with Crippen LogP contribution in [-0.4, -0.2) is 23.9 Å². The molecule has 0 N–H and O–H groups in total. The van der Waals surface area contributed by atoms with Gasteiger partial charge in [0.1, 0.15) is 5.82 Å². The largest absolute Gasteiger partial charge is 0.354 e. The Morgan fingerprint density at radius 1 is 1.53 bits per heavy atom. The fourth-order valence-corrected chi connectivity index (χ4v) is 2.07. The third kappa shape index (κ3) is 2.84. The van der Waals surface area contributed by atoms with Gasteiger partial charge in [0, 0.05) is 24.3 Å². The van der Waals surface area contributed by atoms with Crippen LogP contribution in [0.15, 0.2) is 12.3 Å². The van der Waals surface area contributed by atoms with Crippen molar-refractivity contribution in [3.8, 4) is 0 Å². The zero-order valence-electron chi connectivity index (χ0n) is 10.8. The molecule has 1 fully saturated rings. The first kappa shape index (κ1) is 12.1. The summed E-state index contributed by atoms with van der Waals surface area (Å²) in [6.07, 6.45) is 5.20. The smallest absolute Gasteiger partial charge is 0.151 e. The van der Waals surface area contributed by atoms with Gasteiger partial charge in [-0.2, -0.15) is 0 Å². The third-order valence-electron chi connectivity index (χ3n) is 3.26. The van der Waals surface area contributed by atoms with Gasteiger partial charge in [-0.05, 0) is 51.2 Å². The average molecular weight is 232 g/mol. The van der Waals surface area contributed by atoms with E-state index in [1.165, 1.54) is 12.8 Å². The molecule has 1 heterocycles. The van der Waals surface area contributed by atoms with Crippen LogP contribution in [-0.2, 0) is 0 Å². The number of anilines is 1. The fourth-order valence-electron chi connectivity index (χ4n) is 2.07. The lowest BCUT2D eigenvalue weighted by atomic mass is 10.1. The van der Waals surface area contributed by atoms with Gasteiger partial charge < -0.3 is 4.90 Å². The Balaban J connectivity index is 2.24. The van der Waals surface area contributed by atoms with Crippen molar-refractivity contribution < 1.29 is 4.79 Å². The third-order valence-corrected chi connectivity index (χ3v) is 3.26. The van der Waals surface area contributed by atoms with E-state index in [2.05, 4.69) is 23.7 Å². The van der Waals surface area contributed by atoms with Crippen LogP contribution in [0, 0.1) is 12.8 Å². The number of aldehydes is 1. The van der Waals surface area contributed by atoms with Crippen molar-refractivity contribution in [1.29, 1.82) is 0 Å². The number of pyridine rings is 1. The van der Waals surface area contributed by atoms with Crippen molar-refractivity contribution in [3.63, 3.8) is 0 Å². The van der Waals surface area contributed by atoms with E-state index in [1.54, 1.807) is 6.20 Å². The molecule has 0 spiro atoms. The molecule has 92 valence electrons. The number of rotatable bonds is 5. The highest BCUT2D eigenvalue weighted by Gasteiger charge is 2.26. The molecule has 1 aliphatic rings. The van der Waals surface area contributed by atoms with Gasteiger partial charge in [0.25, 0.3) is 0 Å². The fraction of sp³-hybridized carbons (Fsp3) is 0.571. The summed E-state index contributed by atoms with van der Waals surface area (Å²) in [7, 11) is 0. The zero-order chi connectivity index (χ0) is 12.4. The second kappa shape index (κ2) is 4.86. The molecule has 0 bridgehead atoms. The molecule has 1 aromatic rings. The van der Waals surface area contributed by atoms with E-state index in [4.69, 9.17) is 0 Å². The highest BCUT2D eigenvalue weighted by atomic mass is 16.1. The van der Waals surface area contributed by atoms with Crippen LogP contribution in [0.4, 0.5) is 5.82 Å². The van der Waals surface area contributed by atoms with E-state index in [1.807, 2.05) is 13.0 Å². The summed E-state index contributed by atoms with van der Waals surface area (Å²) in [6, 6.07) is 2.36. The lowest BCUT2D eigenvalue weighted by Gasteiger charge is -2.29. The van der Waals surface area contributed by atoms with Gasteiger partial charge in [0.2, 0.25) is 0 Å². The molecule has 3 nitrogen and oxygen atoms in total. The molecule has 0 aromatic carbocycles. The van der Waals surface area contributed by atoms with Crippen LogP contribution in [0.2, 0.25) is 0 Å². The number of carbonyl (C=O) groups excluding carboxylic acids is 1. The van der Waals surface area contributed by atoms with Crippen LogP contribution >= 0.6 is 0 Å². The number of hydrogen-bond donors (Lipinski definition) is 0. The average Bonchev–Trinajstić information content (AvgIpc) is 3.10. The Labute approximate surface area is 103 Å². The topological polar surface area (TPSA) is 33.2 Å². The maximum absolute atomic E-state index is 10.7. The van der Waals surface area contributed by atoms with Crippen LogP contribution in [0.1, 0.15) is 42.6 Å². The normalized spacial score (nSPS) is 15.1. The Morgan fingerprint density at radius 2 is 2.24 bits per heavy atom. The molecule has 3 heteroatoms. The van der Waals surface area contributed by atoms with Gasteiger partial charge in [0.15, 0.2) is 6.29 Å². The van der Waals surface area contributed by atoms with Crippen molar-refractivity contribution in [1.82, 2.24) is 4.98 Å². The second-order valence-electron chi connectivity index (χ2n) is 5.22. The highest BCUT2D eigenvalue weighted by molar-refractivity contribution is 5.75. The summed E-state index contributed by atoms with van der Waals surface area (Å²) in [4.78, 5) is 17.5. The summed E-state index contributed by atoms with van der Waals surface area (Å²) in [6.45, 7) is 7.50. The van der Waals surface area contributed by atoms with Gasteiger partial charge in [-0.25, -0.2) is 4.98 Å². The van der Waals surface area contributed by atoms with Gasteiger partial charge in [-0.3, -0.25) is 4.79 Å². The first-order chi connectivity index (χ1) is 8.11. The van der Waals surface area contributed by atoms with Crippen molar-refractivity contribution in [2.75, 3.05) is 11.4 Å². The zero-order valence-corrected chi connectivity index (χ0v) is 10.8. The quantitative estimate of drug-likeness (QED) is 0.732. The SMILES string of the molecule is Cc1cc(C=O)cnc1N(CC1CC1)C(C)C. The van der Waals surface area contributed by atoms with E-state index >= 15 is 0 Å². The van der Waals surface area contributed by atoms with Crippen LogP contribution < -0.4 is 4.90 Å². The predicted octanol–water partition coefficient (Wildman–Crippen LogP) is 2.83. The van der Waals surface area contributed by atoms with Gasteiger partial charge in [-0.1, -0.05) is 0 Å². The summed E-state index contributed by atoms with van der Waals surface area (Å²) in [5.41, 5.74) is 1.74. The van der Waals surface area contributed by atoms with E-state index in [-0.39, 0.29) is 0 Å². The summed E-state index contributed by atoms with van der Waals surface area (Å²) < 4.78 is 0. The number of aromatic nitrogens is 1. The molecule has 0 radical (unpaired) electrons. The molecule has 0 atom stereocenters. The van der Waals surface area contributed by atoms with Crippen molar-refractivity contribution in [2.24, 2.45) is 5.92 Å². The number of carbonyl (C=O) groups is 1. The molecule has 2 rings (SSSR count). The lowest BCUT2D eigenvalue weighted by Crippen LogP contribution is -2.34. The molecule has 1 saturated carbocycles. The lowest BCUT2D eigenvalue weighted by molar-refractivity contribution is 0.112. The van der Waals surface area contributed by atoms with Crippen LogP contribution in [0.3, 0.4) is 0 Å². The Morgan fingerprint density at radius 3 is 2.71 bits per heavy atom. The molecular weight excluding hydrogens is 212 g/mol. The van der Waals surface area contributed by atoms with Crippen molar-refractivity contribution >= 4 is 12.1 Å². The standard InChI is InChI=1S/C14H20N2O/c1-10(2)16(8-12-4-5-12)14-11(3)6-13(9-17)7-15-14/h6-7,9-10,12H,4-5,8H2,1-3H3. The first-order valence-electron chi connectivity index (χ1n) is 6.30. The number of nitrogens with zero attached hydrogens (tertiary/aromatic N) is 2. The summed E-state index contributed by atoms with van der Waals surface area (Å²) in [5.74, 6) is 1.86. The van der Waals surface area contributed by atoms with Crippen LogP contribution in [0.5, 0.6) is 0 Å². The minimum absolute atomic E-state index is 0.448.